The first kappa shape index (κ1) is 10.2. The van der Waals surface area contributed by atoms with Gasteiger partial charge in [-0.25, -0.2) is 4.98 Å². The first-order chi connectivity index (χ1) is 6.68. The highest BCUT2D eigenvalue weighted by atomic mass is 79.9. The van der Waals surface area contributed by atoms with Crippen LogP contribution in [0.25, 0.3) is 0 Å². The number of rotatable bonds is 1. The van der Waals surface area contributed by atoms with E-state index in [0.29, 0.717) is 5.15 Å². The fourth-order valence-electron chi connectivity index (χ4n) is 1.68. The summed E-state index contributed by atoms with van der Waals surface area (Å²) in [6.07, 6.45) is 4.06. The van der Waals surface area contributed by atoms with Gasteiger partial charge in [-0.05, 0) is 34.8 Å². The van der Waals surface area contributed by atoms with E-state index < -0.39 is 0 Å². The van der Waals surface area contributed by atoms with Gasteiger partial charge in [-0.1, -0.05) is 11.6 Å². The van der Waals surface area contributed by atoms with Gasteiger partial charge in [-0.15, -0.1) is 0 Å². The van der Waals surface area contributed by atoms with Crippen LogP contribution in [0.15, 0.2) is 16.7 Å². The van der Waals surface area contributed by atoms with Gasteiger partial charge < -0.3 is 10.6 Å². The number of nitrogens with two attached hydrogens (primary N) is 1. The van der Waals surface area contributed by atoms with E-state index in [-0.39, 0.29) is 6.17 Å². The van der Waals surface area contributed by atoms with Crippen molar-refractivity contribution in [1.29, 1.82) is 0 Å². The topological polar surface area (TPSA) is 42.1 Å². The maximum Gasteiger partial charge on any atom is 0.143 e. The lowest BCUT2D eigenvalue weighted by molar-refractivity contribution is 0.700. The largest absolute Gasteiger partial charge is 0.355 e. The zero-order chi connectivity index (χ0) is 10.1. The minimum atomic E-state index is 0.116. The van der Waals surface area contributed by atoms with Crippen molar-refractivity contribution in [3.05, 3.63) is 21.9 Å². The molecule has 0 aliphatic carbocycles. The lowest BCUT2D eigenvalue weighted by Gasteiger charge is -2.23. The first-order valence-electron chi connectivity index (χ1n) is 4.52. The molecule has 5 heteroatoms. The van der Waals surface area contributed by atoms with Crippen LogP contribution in [-0.2, 0) is 0 Å². The van der Waals surface area contributed by atoms with E-state index in [9.17, 15) is 0 Å². The van der Waals surface area contributed by atoms with Crippen LogP contribution < -0.4 is 10.6 Å². The molecular formula is C9H11BrClN3. The summed E-state index contributed by atoms with van der Waals surface area (Å²) in [7, 11) is 0. The summed E-state index contributed by atoms with van der Waals surface area (Å²) in [6, 6.07) is 1.96. The van der Waals surface area contributed by atoms with E-state index in [1.54, 1.807) is 6.20 Å². The Labute approximate surface area is 96.4 Å². The van der Waals surface area contributed by atoms with E-state index in [1.165, 1.54) is 0 Å². The summed E-state index contributed by atoms with van der Waals surface area (Å²) in [5, 5.41) is 0.488. The zero-order valence-electron chi connectivity index (χ0n) is 7.58. The van der Waals surface area contributed by atoms with Crippen LogP contribution in [0.4, 0.5) is 5.69 Å². The van der Waals surface area contributed by atoms with E-state index in [4.69, 9.17) is 17.3 Å². The molecule has 1 saturated heterocycles. The average molecular weight is 277 g/mol. The fourth-order valence-corrected chi connectivity index (χ4v) is 2.12. The van der Waals surface area contributed by atoms with Crippen molar-refractivity contribution in [2.45, 2.75) is 19.0 Å². The van der Waals surface area contributed by atoms with E-state index in [1.807, 2.05) is 6.07 Å². The number of pyridine rings is 1. The maximum absolute atomic E-state index is 5.95. The Kier molecular flexibility index (Phi) is 2.95. The molecule has 1 atom stereocenters. The Morgan fingerprint density at radius 1 is 1.64 bits per heavy atom. The lowest BCUT2D eigenvalue weighted by atomic mass is 10.3. The lowest BCUT2D eigenvalue weighted by Crippen LogP contribution is -2.36. The van der Waals surface area contributed by atoms with Crippen molar-refractivity contribution in [1.82, 2.24) is 4.98 Å². The predicted octanol–water partition coefficient (Wildman–Crippen LogP) is 2.38. The van der Waals surface area contributed by atoms with Crippen LogP contribution in [-0.4, -0.2) is 17.7 Å². The molecule has 0 bridgehead atoms. The van der Waals surface area contributed by atoms with Crippen LogP contribution in [0.2, 0.25) is 5.15 Å². The molecule has 1 aliphatic rings. The second-order valence-electron chi connectivity index (χ2n) is 3.37. The third kappa shape index (κ3) is 1.87. The number of hydrogen-bond donors (Lipinski definition) is 1. The van der Waals surface area contributed by atoms with Crippen LogP contribution >= 0.6 is 27.5 Å². The Morgan fingerprint density at radius 2 is 2.43 bits per heavy atom. The molecule has 3 nitrogen and oxygen atoms in total. The van der Waals surface area contributed by atoms with E-state index in [0.717, 1.165) is 29.5 Å². The van der Waals surface area contributed by atoms with Crippen molar-refractivity contribution >= 4 is 33.2 Å². The second kappa shape index (κ2) is 4.04. The molecule has 0 spiro atoms. The van der Waals surface area contributed by atoms with Crippen LogP contribution in [0.3, 0.4) is 0 Å². The van der Waals surface area contributed by atoms with Gasteiger partial charge in [-0.3, -0.25) is 0 Å². The maximum atomic E-state index is 5.95. The van der Waals surface area contributed by atoms with Crippen LogP contribution in [0, 0.1) is 0 Å². The Morgan fingerprint density at radius 3 is 3.00 bits per heavy atom. The Bertz CT molecular complexity index is 345. The quantitative estimate of drug-likeness (QED) is 0.801. The molecule has 0 amide bonds. The van der Waals surface area contributed by atoms with Crippen molar-refractivity contribution in [2.75, 3.05) is 11.4 Å². The molecule has 0 saturated carbocycles. The summed E-state index contributed by atoms with van der Waals surface area (Å²) >= 11 is 9.17. The molecule has 1 fully saturated rings. The summed E-state index contributed by atoms with van der Waals surface area (Å²) in [5.41, 5.74) is 6.98. The van der Waals surface area contributed by atoms with E-state index >= 15 is 0 Å². The van der Waals surface area contributed by atoms with Gasteiger partial charge in [0.2, 0.25) is 0 Å². The summed E-state index contributed by atoms with van der Waals surface area (Å²) in [6.45, 7) is 0.997. The summed E-state index contributed by atoms with van der Waals surface area (Å²) in [5.74, 6) is 0. The van der Waals surface area contributed by atoms with Crippen LogP contribution in [0.1, 0.15) is 12.8 Å². The molecular weight excluding hydrogens is 265 g/mol. The molecule has 1 unspecified atom stereocenters. The molecule has 14 heavy (non-hydrogen) atoms. The minimum Gasteiger partial charge on any atom is -0.355 e. The Balaban J connectivity index is 2.28. The average Bonchev–Trinajstić information content (AvgIpc) is 2.57. The van der Waals surface area contributed by atoms with Gasteiger partial charge in [0.25, 0.3) is 0 Å². The molecule has 1 aromatic rings. The van der Waals surface area contributed by atoms with Crippen molar-refractivity contribution in [3.8, 4) is 0 Å². The van der Waals surface area contributed by atoms with E-state index in [2.05, 4.69) is 25.8 Å². The molecule has 0 aromatic carbocycles. The molecule has 76 valence electrons. The highest BCUT2D eigenvalue weighted by Crippen LogP contribution is 2.28. The molecule has 2 N–H and O–H groups in total. The van der Waals surface area contributed by atoms with Gasteiger partial charge >= 0.3 is 0 Å². The third-order valence-corrected chi connectivity index (χ3v) is 3.55. The predicted molar refractivity (Wildman–Crippen MR) is 61.5 cm³/mol. The van der Waals surface area contributed by atoms with Gasteiger partial charge in [0.1, 0.15) is 5.15 Å². The number of aromatic nitrogens is 1. The third-order valence-electron chi connectivity index (χ3n) is 2.41. The molecule has 1 aromatic heterocycles. The second-order valence-corrected chi connectivity index (χ2v) is 4.58. The fraction of sp³-hybridized carbons (Fsp3) is 0.444. The zero-order valence-corrected chi connectivity index (χ0v) is 9.92. The van der Waals surface area contributed by atoms with Gasteiger partial charge in [-0.2, -0.15) is 0 Å². The van der Waals surface area contributed by atoms with Gasteiger partial charge in [0, 0.05) is 6.54 Å². The summed E-state index contributed by atoms with van der Waals surface area (Å²) in [4.78, 5) is 6.23. The SMILES string of the molecule is NC1CCCN1c1cnc(Cl)c(Br)c1. The monoisotopic (exact) mass is 275 g/mol. The normalized spacial score (nSPS) is 21.6. The Hall–Kier alpha value is -0.320. The standard InChI is InChI=1S/C9H11BrClN3/c10-7-4-6(5-13-9(7)11)14-3-1-2-8(14)12/h4-5,8H,1-3,12H2. The molecule has 2 heterocycles. The minimum absolute atomic E-state index is 0.116. The number of nitrogens with zero attached hydrogens (tertiary/aromatic N) is 2. The summed E-state index contributed by atoms with van der Waals surface area (Å²) < 4.78 is 0.816. The van der Waals surface area contributed by atoms with Crippen molar-refractivity contribution < 1.29 is 0 Å². The molecule has 2 rings (SSSR count). The molecule has 0 radical (unpaired) electrons. The number of anilines is 1. The number of halogens is 2. The van der Waals surface area contributed by atoms with Gasteiger partial charge in [0.15, 0.2) is 0 Å². The highest BCUT2D eigenvalue weighted by Gasteiger charge is 2.21. The highest BCUT2D eigenvalue weighted by molar-refractivity contribution is 9.10. The van der Waals surface area contributed by atoms with Crippen molar-refractivity contribution in [3.63, 3.8) is 0 Å². The van der Waals surface area contributed by atoms with Gasteiger partial charge in [0.05, 0.1) is 22.5 Å². The van der Waals surface area contributed by atoms with Crippen LogP contribution in [0.5, 0.6) is 0 Å². The molecule has 1 aliphatic heterocycles. The smallest absolute Gasteiger partial charge is 0.143 e. The first-order valence-corrected chi connectivity index (χ1v) is 5.69. The number of hydrogen-bond acceptors (Lipinski definition) is 3. The van der Waals surface area contributed by atoms with Crippen molar-refractivity contribution in [2.24, 2.45) is 5.73 Å².